The molecule has 154 valence electrons. The molecule has 4 aromatic rings. The maximum atomic E-state index is 13.6. The predicted molar refractivity (Wildman–Crippen MR) is 118 cm³/mol. The summed E-state index contributed by atoms with van der Waals surface area (Å²) >= 11 is 8.06. The van der Waals surface area contributed by atoms with Crippen molar-refractivity contribution in [2.45, 2.75) is 24.2 Å². The molecule has 30 heavy (non-hydrogen) atoms. The Bertz CT molecular complexity index is 1280. The zero-order valence-corrected chi connectivity index (χ0v) is 18.2. The molecule has 1 aliphatic rings. The normalized spacial score (nSPS) is 14.3. The Hall–Kier alpha value is -2.49. The zero-order valence-electron chi connectivity index (χ0n) is 15.8. The highest BCUT2D eigenvalue weighted by molar-refractivity contribution is 7.93. The van der Waals surface area contributed by atoms with Crippen molar-refractivity contribution in [2.24, 2.45) is 5.92 Å². The number of aromatic amines is 1. The minimum atomic E-state index is -3.78. The van der Waals surface area contributed by atoms with Crippen LogP contribution in [-0.4, -0.2) is 35.6 Å². The Morgan fingerprint density at radius 1 is 1.13 bits per heavy atom. The topological polar surface area (TPSA) is 91.8 Å². The molecule has 2 aromatic heterocycles. The summed E-state index contributed by atoms with van der Waals surface area (Å²) in [5.41, 5.74) is 0.711. The molecule has 0 unspecified atom stereocenters. The average Bonchev–Trinajstić information content (AvgIpc) is 3.30. The Labute approximate surface area is 182 Å². The van der Waals surface area contributed by atoms with E-state index in [2.05, 4.69) is 20.6 Å². The fraction of sp³-hybridized carbons (Fsp3) is 0.250. The first kappa shape index (κ1) is 19.5. The van der Waals surface area contributed by atoms with Crippen LogP contribution in [0.2, 0.25) is 5.02 Å². The van der Waals surface area contributed by atoms with Gasteiger partial charge in [-0.2, -0.15) is 0 Å². The van der Waals surface area contributed by atoms with Crippen LogP contribution in [0.15, 0.2) is 53.4 Å². The lowest BCUT2D eigenvalue weighted by atomic mass is 10.2. The third-order valence-corrected chi connectivity index (χ3v) is 8.86. The molecule has 1 saturated carbocycles. The van der Waals surface area contributed by atoms with E-state index in [9.17, 15) is 8.42 Å². The standard InChI is InChI=1S/C20H18ClN5O2S2/c21-18-16-3-1-2-4-17(16)29-20(18)26(12-11-13-5-6-13)30(27,28)15-9-7-14(8-10-15)19-22-24-25-23-19/h1-4,7-10,13H,5-6,11-12H2,(H,22,23,24,25). The predicted octanol–water partition coefficient (Wildman–Crippen LogP) is 4.73. The molecule has 0 atom stereocenters. The van der Waals surface area contributed by atoms with E-state index in [1.54, 1.807) is 24.3 Å². The van der Waals surface area contributed by atoms with Gasteiger partial charge >= 0.3 is 0 Å². The molecule has 2 heterocycles. The number of hydrogen-bond donors (Lipinski definition) is 1. The maximum absolute atomic E-state index is 13.6. The Morgan fingerprint density at radius 3 is 2.57 bits per heavy atom. The lowest BCUT2D eigenvalue weighted by Crippen LogP contribution is -2.31. The fourth-order valence-electron chi connectivity index (χ4n) is 3.39. The van der Waals surface area contributed by atoms with E-state index in [-0.39, 0.29) is 4.90 Å². The summed E-state index contributed by atoms with van der Waals surface area (Å²) in [4.78, 5) is 0.211. The highest BCUT2D eigenvalue weighted by atomic mass is 35.5. The second-order valence-electron chi connectivity index (χ2n) is 7.30. The van der Waals surface area contributed by atoms with Crippen LogP contribution in [0.25, 0.3) is 21.5 Å². The van der Waals surface area contributed by atoms with E-state index in [0.717, 1.165) is 29.3 Å². The van der Waals surface area contributed by atoms with Crippen LogP contribution >= 0.6 is 22.9 Å². The minimum absolute atomic E-state index is 0.211. The number of benzene rings is 2. The number of fused-ring (bicyclic) bond motifs is 1. The van der Waals surface area contributed by atoms with Gasteiger partial charge in [0.1, 0.15) is 5.00 Å². The van der Waals surface area contributed by atoms with Crippen LogP contribution in [0.5, 0.6) is 0 Å². The van der Waals surface area contributed by atoms with Crippen molar-refractivity contribution in [3.63, 3.8) is 0 Å². The fourth-order valence-corrected chi connectivity index (χ4v) is 6.70. The lowest BCUT2D eigenvalue weighted by Gasteiger charge is -2.23. The van der Waals surface area contributed by atoms with Crippen LogP contribution in [0, 0.1) is 5.92 Å². The van der Waals surface area contributed by atoms with E-state index < -0.39 is 10.0 Å². The number of rotatable bonds is 7. The van der Waals surface area contributed by atoms with Gasteiger partial charge in [-0.05, 0) is 53.1 Å². The summed E-state index contributed by atoms with van der Waals surface area (Å²) in [6.07, 6.45) is 3.15. The van der Waals surface area contributed by atoms with Crippen LogP contribution in [0.3, 0.4) is 0 Å². The van der Waals surface area contributed by atoms with Crippen molar-refractivity contribution < 1.29 is 8.42 Å². The van der Waals surface area contributed by atoms with Gasteiger partial charge in [-0.15, -0.1) is 16.4 Å². The van der Waals surface area contributed by atoms with Gasteiger partial charge in [0.15, 0.2) is 5.82 Å². The summed E-state index contributed by atoms with van der Waals surface area (Å²) < 4.78 is 29.7. The van der Waals surface area contributed by atoms with Crippen molar-refractivity contribution in [3.8, 4) is 11.4 Å². The molecule has 0 bridgehead atoms. The number of thiophene rings is 1. The van der Waals surface area contributed by atoms with Gasteiger partial charge in [0.25, 0.3) is 10.0 Å². The third kappa shape index (κ3) is 3.57. The van der Waals surface area contributed by atoms with E-state index in [0.29, 0.717) is 33.9 Å². The molecule has 1 aliphatic carbocycles. The second-order valence-corrected chi connectivity index (χ2v) is 10.6. The van der Waals surface area contributed by atoms with E-state index >= 15 is 0 Å². The van der Waals surface area contributed by atoms with Gasteiger partial charge in [0.2, 0.25) is 0 Å². The highest BCUT2D eigenvalue weighted by Crippen LogP contribution is 2.44. The number of sulfonamides is 1. The maximum Gasteiger partial charge on any atom is 0.264 e. The number of tetrazole rings is 1. The molecule has 0 aliphatic heterocycles. The first-order chi connectivity index (χ1) is 14.5. The van der Waals surface area contributed by atoms with Crippen LogP contribution in [-0.2, 0) is 10.0 Å². The number of H-pyrrole nitrogens is 1. The molecule has 2 aromatic carbocycles. The molecule has 1 fully saturated rings. The second kappa shape index (κ2) is 7.64. The first-order valence-electron chi connectivity index (χ1n) is 9.58. The molecular weight excluding hydrogens is 442 g/mol. The molecule has 5 rings (SSSR count). The van der Waals surface area contributed by atoms with Gasteiger partial charge in [0.05, 0.1) is 9.92 Å². The van der Waals surface area contributed by atoms with Gasteiger partial charge in [-0.3, -0.25) is 4.31 Å². The molecule has 1 N–H and O–H groups in total. The smallest absolute Gasteiger partial charge is 0.256 e. The summed E-state index contributed by atoms with van der Waals surface area (Å²) in [7, 11) is -3.78. The van der Waals surface area contributed by atoms with Crippen LogP contribution in [0.1, 0.15) is 19.3 Å². The van der Waals surface area contributed by atoms with Gasteiger partial charge in [0, 0.05) is 22.2 Å². The van der Waals surface area contributed by atoms with Crippen LogP contribution in [0.4, 0.5) is 5.00 Å². The summed E-state index contributed by atoms with van der Waals surface area (Å²) in [6.45, 7) is 0.410. The highest BCUT2D eigenvalue weighted by Gasteiger charge is 2.31. The van der Waals surface area contributed by atoms with Gasteiger partial charge in [-0.1, -0.05) is 42.6 Å². The molecule has 0 amide bonds. The lowest BCUT2D eigenvalue weighted by molar-refractivity contribution is 0.587. The number of hydrogen-bond acceptors (Lipinski definition) is 6. The van der Waals surface area contributed by atoms with E-state index in [4.69, 9.17) is 11.6 Å². The van der Waals surface area contributed by atoms with Gasteiger partial charge in [-0.25, -0.2) is 13.5 Å². The number of halogens is 1. The van der Waals surface area contributed by atoms with Crippen molar-refractivity contribution >= 4 is 48.0 Å². The Balaban J connectivity index is 1.54. The molecule has 0 spiro atoms. The Morgan fingerprint density at radius 2 is 1.90 bits per heavy atom. The molecule has 0 radical (unpaired) electrons. The Kier molecular flexibility index (Phi) is 4.96. The van der Waals surface area contributed by atoms with Crippen LogP contribution < -0.4 is 4.31 Å². The van der Waals surface area contributed by atoms with Crippen molar-refractivity contribution in [2.75, 3.05) is 10.8 Å². The van der Waals surface area contributed by atoms with E-state index in [1.165, 1.54) is 15.6 Å². The summed E-state index contributed by atoms with van der Waals surface area (Å²) in [5.74, 6) is 1.08. The SMILES string of the molecule is O=S(=O)(c1ccc(-c2nnn[nH]2)cc1)N(CCC1CC1)c1sc2ccccc2c1Cl. The number of nitrogens with zero attached hydrogens (tertiary/aromatic N) is 4. The molecular formula is C20H18ClN5O2S2. The van der Waals surface area contributed by atoms with E-state index in [1.807, 2.05) is 24.3 Å². The van der Waals surface area contributed by atoms with Crippen molar-refractivity contribution in [3.05, 3.63) is 53.6 Å². The number of anilines is 1. The largest absolute Gasteiger partial charge is 0.264 e. The molecule has 0 saturated heterocycles. The van der Waals surface area contributed by atoms with Crippen molar-refractivity contribution in [1.29, 1.82) is 0 Å². The first-order valence-corrected chi connectivity index (χ1v) is 12.2. The van der Waals surface area contributed by atoms with Gasteiger partial charge < -0.3 is 0 Å². The summed E-state index contributed by atoms with van der Waals surface area (Å²) in [5, 5.41) is 15.6. The minimum Gasteiger partial charge on any atom is -0.256 e. The third-order valence-electron chi connectivity index (χ3n) is 5.24. The average molecular weight is 460 g/mol. The molecule has 10 heteroatoms. The number of aromatic nitrogens is 4. The zero-order chi connectivity index (χ0) is 20.7. The van der Waals surface area contributed by atoms with Crippen molar-refractivity contribution in [1.82, 2.24) is 20.6 Å². The quantitative estimate of drug-likeness (QED) is 0.431. The number of nitrogens with one attached hydrogen (secondary N) is 1. The summed E-state index contributed by atoms with van der Waals surface area (Å²) in [6, 6.07) is 14.3. The molecule has 7 nitrogen and oxygen atoms in total. The monoisotopic (exact) mass is 459 g/mol.